The highest BCUT2D eigenvalue weighted by atomic mass is 31.2. The van der Waals surface area contributed by atoms with Crippen molar-refractivity contribution in [1.29, 1.82) is 0 Å². The van der Waals surface area contributed by atoms with E-state index in [9.17, 15) is 34.1 Å². The number of hydrogen-bond acceptors (Lipinski definition) is 8. The molecule has 65 heavy (non-hydrogen) atoms. The SMILES string of the molecule is CCCCC/C=C\C/C=C\C/C=C\C/C=C\CCCCCC(=O)NC(COP(=O)(O)OCC(O)COC(=O)CCCCCCCCCCCCCCCCCCCCCCCC)C(=O)O. The molecule has 0 bridgehead atoms. The predicted molar refractivity (Wildman–Crippen MR) is 268 cm³/mol. The number of allylic oxidation sites excluding steroid dienone is 8. The van der Waals surface area contributed by atoms with Crippen molar-refractivity contribution in [2.45, 2.75) is 251 Å². The molecule has 0 aliphatic carbocycles. The standard InChI is InChI=1S/C53H96NO10P/c1-3-5-7-9-11-13-15-17-19-21-23-24-25-27-29-31-33-35-37-39-41-43-45-52(57)62-46-49(55)47-63-65(60,61)64-48-50(53(58)59)54-51(56)44-42-40-38-36-34-32-30-28-26-22-20-18-16-14-12-10-8-6-4-2/h12,14,18,20,26,28,32,34,49-50,55H,3-11,13,15-17,19,21-25,27,29-31,33,35-48H2,1-2H3,(H,54,56)(H,58,59)(H,60,61)/b14-12-,20-18-,28-26-,34-32-. The number of aliphatic hydroxyl groups is 1. The molecule has 0 aliphatic heterocycles. The van der Waals surface area contributed by atoms with E-state index in [1.807, 2.05) is 0 Å². The molecule has 0 spiro atoms. The molecule has 0 aromatic heterocycles. The Morgan fingerprint density at radius 3 is 1.29 bits per heavy atom. The summed E-state index contributed by atoms with van der Waals surface area (Å²) in [6.07, 6.45) is 55.7. The second-order valence-corrected chi connectivity index (χ2v) is 19.2. The molecule has 0 saturated heterocycles. The minimum atomic E-state index is -4.77. The number of aliphatic hydroxyl groups excluding tert-OH is 1. The van der Waals surface area contributed by atoms with E-state index in [2.05, 4.69) is 67.8 Å². The summed E-state index contributed by atoms with van der Waals surface area (Å²) in [6.45, 7) is 2.58. The number of carboxylic acid groups (broad SMARTS) is 1. The minimum Gasteiger partial charge on any atom is -0.480 e. The van der Waals surface area contributed by atoms with Gasteiger partial charge in [-0.1, -0.05) is 217 Å². The van der Waals surface area contributed by atoms with Gasteiger partial charge in [-0.15, -0.1) is 0 Å². The zero-order chi connectivity index (χ0) is 47.7. The predicted octanol–water partition coefficient (Wildman–Crippen LogP) is 14.5. The van der Waals surface area contributed by atoms with Gasteiger partial charge in [-0.25, -0.2) is 9.36 Å². The Morgan fingerprint density at radius 2 is 0.846 bits per heavy atom. The van der Waals surface area contributed by atoms with Crippen LogP contribution in [0.25, 0.3) is 0 Å². The molecule has 0 aliphatic rings. The van der Waals surface area contributed by atoms with E-state index in [1.54, 1.807) is 0 Å². The van der Waals surface area contributed by atoms with Crippen molar-refractivity contribution in [2.24, 2.45) is 0 Å². The summed E-state index contributed by atoms with van der Waals surface area (Å²) in [6, 6.07) is -1.57. The fourth-order valence-electron chi connectivity index (χ4n) is 7.30. The maximum Gasteiger partial charge on any atom is 0.472 e. The molecule has 0 radical (unpaired) electrons. The highest BCUT2D eigenvalue weighted by Gasteiger charge is 2.28. The quantitative estimate of drug-likeness (QED) is 0.0199. The normalized spacial score (nSPS) is 13.9. The molecule has 0 rings (SSSR count). The number of nitrogens with one attached hydrogen (secondary N) is 1. The van der Waals surface area contributed by atoms with Crippen LogP contribution in [0.2, 0.25) is 0 Å². The molecule has 0 heterocycles. The third-order valence-corrected chi connectivity index (χ3v) is 12.3. The van der Waals surface area contributed by atoms with Gasteiger partial charge < -0.3 is 25.2 Å². The van der Waals surface area contributed by atoms with Gasteiger partial charge in [0.05, 0.1) is 13.2 Å². The molecule has 3 unspecified atom stereocenters. The van der Waals surface area contributed by atoms with Gasteiger partial charge in [-0.3, -0.25) is 18.6 Å². The van der Waals surface area contributed by atoms with Gasteiger partial charge in [-0.05, 0) is 57.8 Å². The lowest BCUT2D eigenvalue weighted by molar-refractivity contribution is -0.147. The zero-order valence-electron chi connectivity index (χ0n) is 41.3. The molecule has 4 N–H and O–H groups in total. The number of phosphoric acid groups is 1. The summed E-state index contributed by atoms with van der Waals surface area (Å²) < 4.78 is 26.9. The molecule has 0 fully saturated rings. The number of unbranched alkanes of at least 4 members (excludes halogenated alkanes) is 27. The number of esters is 1. The average molecular weight is 938 g/mol. The van der Waals surface area contributed by atoms with Crippen molar-refractivity contribution < 1.29 is 47.8 Å². The third-order valence-electron chi connectivity index (χ3n) is 11.4. The number of carbonyl (C=O) groups is 3. The Labute approximate surface area is 396 Å². The molecule has 0 saturated carbocycles. The summed E-state index contributed by atoms with van der Waals surface area (Å²) in [5, 5.41) is 21.9. The molecule has 3 atom stereocenters. The zero-order valence-corrected chi connectivity index (χ0v) is 42.2. The Hall–Kier alpha value is -2.56. The summed E-state index contributed by atoms with van der Waals surface area (Å²) in [5.41, 5.74) is 0. The average Bonchev–Trinajstić information content (AvgIpc) is 3.28. The van der Waals surface area contributed by atoms with Crippen LogP contribution in [0.1, 0.15) is 239 Å². The Bertz CT molecular complexity index is 1280. The largest absolute Gasteiger partial charge is 0.480 e. The number of carboxylic acids is 1. The fourth-order valence-corrected chi connectivity index (χ4v) is 8.07. The first-order valence-electron chi connectivity index (χ1n) is 26.2. The van der Waals surface area contributed by atoms with Crippen molar-refractivity contribution in [3.63, 3.8) is 0 Å². The monoisotopic (exact) mass is 938 g/mol. The van der Waals surface area contributed by atoms with Crippen LogP contribution in [-0.4, -0.2) is 64.9 Å². The van der Waals surface area contributed by atoms with Crippen LogP contribution in [0.4, 0.5) is 0 Å². The van der Waals surface area contributed by atoms with E-state index in [0.717, 1.165) is 57.8 Å². The van der Waals surface area contributed by atoms with Crippen molar-refractivity contribution in [2.75, 3.05) is 19.8 Å². The van der Waals surface area contributed by atoms with Crippen LogP contribution in [-0.2, 0) is 32.7 Å². The van der Waals surface area contributed by atoms with Gasteiger partial charge >= 0.3 is 19.8 Å². The van der Waals surface area contributed by atoms with Crippen molar-refractivity contribution in [3.8, 4) is 0 Å². The van der Waals surface area contributed by atoms with E-state index in [0.29, 0.717) is 12.8 Å². The van der Waals surface area contributed by atoms with Gasteiger partial charge in [0, 0.05) is 12.8 Å². The molecule has 12 heteroatoms. The minimum absolute atomic E-state index is 0.107. The van der Waals surface area contributed by atoms with Gasteiger partial charge in [-0.2, -0.15) is 0 Å². The van der Waals surface area contributed by atoms with Crippen molar-refractivity contribution in [3.05, 3.63) is 48.6 Å². The number of ether oxygens (including phenoxy) is 1. The Balaban J connectivity index is 3.84. The number of carbonyl (C=O) groups excluding carboxylic acids is 2. The number of phosphoric ester groups is 1. The van der Waals surface area contributed by atoms with Crippen LogP contribution in [0, 0.1) is 0 Å². The highest BCUT2D eigenvalue weighted by Crippen LogP contribution is 2.43. The summed E-state index contributed by atoms with van der Waals surface area (Å²) in [7, 11) is -4.77. The highest BCUT2D eigenvalue weighted by molar-refractivity contribution is 7.47. The van der Waals surface area contributed by atoms with E-state index in [1.165, 1.54) is 141 Å². The third kappa shape index (κ3) is 47.7. The lowest BCUT2D eigenvalue weighted by Crippen LogP contribution is -2.43. The number of hydrogen-bond donors (Lipinski definition) is 4. The lowest BCUT2D eigenvalue weighted by atomic mass is 10.0. The number of aliphatic carboxylic acids is 1. The maximum absolute atomic E-state index is 12.3. The molecular formula is C53H96NO10P. The molecule has 0 aromatic rings. The number of rotatable bonds is 49. The van der Waals surface area contributed by atoms with Crippen LogP contribution >= 0.6 is 7.82 Å². The molecule has 1 amide bonds. The van der Waals surface area contributed by atoms with Crippen molar-refractivity contribution >= 4 is 25.7 Å². The first-order chi connectivity index (χ1) is 31.6. The molecule has 378 valence electrons. The first kappa shape index (κ1) is 62.4. The molecule has 11 nitrogen and oxygen atoms in total. The second-order valence-electron chi connectivity index (χ2n) is 17.7. The molecular weight excluding hydrogens is 842 g/mol. The first-order valence-corrected chi connectivity index (χ1v) is 27.7. The van der Waals surface area contributed by atoms with Gasteiger partial charge in [0.15, 0.2) is 6.04 Å². The lowest BCUT2D eigenvalue weighted by Gasteiger charge is -2.18. The fraction of sp³-hybridized carbons (Fsp3) is 0.792. The maximum atomic E-state index is 12.3. The summed E-state index contributed by atoms with van der Waals surface area (Å²) in [5.74, 6) is -2.41. The van der Waals surface area contributed by atoms with Crippen molar-refractivity contribution in [1.82, 2.24) is 5.32 Å². The van der Waals surface area contributed by atoms with E-state index >= 15 is 0 Å². The van der Waals surface area contributed by atoms with E-state index < -0.39 is 57.6 Å². The topological polar surface area (TPSA) is 169 Å². The Morgan fingerprint density at radius 1 is 0.492 bits per heavy atom. The summed E-state index contributed by atoms with van der Waals surface area (Å²) in [4.78, 5) is 46.1. The van der Waals surface area contributed by atoms with E-state index in [-0.39, 0.29) is 12.8 Å². The Kier molecular flexibility index (Phi) is 46.0. The van der Waals surface area contributed by atoms with Crippen LogP contribution in [0.3, 0.4) is 0 Å². The van der Waals surface area contributed by atoms with Gasteiger partial charge in [0.25, 0.3) is 0 Å². The van der Waals surface area contributed by atoms with E-state index in [4.69, 9.17) is 13.8 Å². The van der Waals surface area contributed by atoms with Crippen LogP contribution in [0.15, 0.2) is 48.6 Å². The van der Waals surface area contributed by atoms with Crippen LogP contribution in [0.5, 0.6) is 0 Å². The van der Waals surface area contributed by atoms with Crippen LogP contribution < -0.4 is 5.32 Å². The van der Waals surface area contributed by atoms with Gasteiger partial charge in [0.1, 0.15) is 12.7 Å². The summed E-state index contributed by atoms with van der Waals surface area (Å²) >= 11 is 0. The smallest absolute Gasteiger partial charge is 0.472 e. The van der Waals surface area contributed by atoms with Gasteiger partial charge in [0.2, 0.25) is 5.91 Å². The molecule has 0 aromatic carbocycles. The second kappa shape index (κ2) is 47.9. The number of amides is 1.